The Labute approximate surface area is 147 Å². The van der Waals surface area contributed by atoms with E-state index in [0.29, 0.717) is 17.0 Å². The zero-order valence-electron chi connectivity index (χ0n) is 14.8. The van der Waals surface area contributed by atoms with E-state index in [4.69, 9.17) is 9.47 Å². The molecule has 0 radical (unpaired) electrons. The van der Waals surface area contributed by atoms with Crippen molar-refractivity contribution in [2.24, 2.45) is 0 Å². The molecule has 0 aliphatic carbocycles. The summed E-state index contributed by atoms with van der Waals surface area (Å²) < 4.78 is 10.5. The summed E-state index contributed by atoms with van der Waals surface area (Å²) in [6.45, 7) is 1.53. The number of para-hydroxylation sites is 2. The van der Waals surface area contributed by atoms with Gasteiger partial charge in [0.15, 0.2) is 6.10 Å². The van der Waals surface area contributed by atoms with E-state index < -0.39 is 18.0 Å². The Bertz CT molecular complexity index is 759. The summed E-state index contributed by atoms with van der Waals surface area (Å²) in [6.07, 6.45) is -0.944. The summed E-state index contributed by atoms with van der Waals surface area (Å²) in [7, 11) is 5.29. The van der Waals surface area contributed by atoms with E-state index in [0.717, 1.165) is 5.69 Å². The first kappa shape index (κ1) is 18.3. The minimum atomic E-state index is -0.944. The Morgan fingerprint density at radius 3 is 2.48 bits per heavy atom. The fourth-order valence-corrected chi connectivity index (χ4v) is 2.18. The molecule has 1 atom stereocenters. The number of amides is 1. The normalized spacial score (nSPS) is 11.4. The van der Waals surface area contributed by atoms with E-state index in [1.165, 1.54) is 14.0 Å². The van der Waals surface area contributed by atoms with Crippen molar-refractivity contribution in [1.82, 2.24) is 0 Å². The number of rotatable bonds is 6. The highest BCUT2D eigenvalue weighted by Gasteiger charge is 2.20. The van der Waals surface area contributed by atoms with Crippen molar-refractivity contribution in [3.63, 3.8) is 0 Å². The number of nitrogens with one attached hydrogen (secondary N) is 1. The van der Waals surface area contributed by atoms with Crippen molar-refractivity contribution in [2.45, 2.75) is 13.0 Å². The second kappa shape index (κ2) is 8.19. The van der Waals surface area contributed by atoms with Crippen LogP contribution in [0.4, 0.5) is 11.4 Å². The van der Waals surface area contributed by atoms with Crippen LogP contribution in [0.1, 0.15) is 17.3 Å². The predicted molar refractivity (Wildman–Crippen MR) is 97.3 cm³/mol. The first-order valence-electron chi connectivity index (χ1n) is 7.84. The molecule has 2 rings (SSSR count). The van der Waals surface area contributed by atoms with Crippen LogP contribution in [0.15, 0.2) is 48.5 Å². The van der Waals surface area contributed by atoms with Crippen molar-refractivity contribution < 1.29 is 19.1 Å². The number of anilines is 2. The van der Waals surface area contributed by atoms with E-state index >= 15 is 0 Å². The smallest absolute Gasteiger partial charge is 0.338 e. The molecule has 0 bridgehead atoms. The lowest BCUT2D eigenvalue weighted by atomic mass is 10.2. The lowest BCUT2D eigenvalue weighted by Crippen LogP contribution is -2.30. The average molecular weight is 342 g/mol. The van der Waals surface area contributed by atoms with Crippen LogP contribution >= 0.6 is 0 Å². The van der Waals surface area contributed by atoms with Crippen molar-refractivity contribution in [3.8, 4) is 5.75 Å². The molecule has 132 valence electrons. The Hall–Kier alpha value is -3.02. The molecule has 0 spiro atoms. The number of ether oxygens (including phenoxy) is 2. The van der Waals surface area contributed by atoms with E-state index in [1.54, 1.807) is 42.5 Å². The SMILES string of the molecule is COc1ccccc1NC(=O)[C@H](C)OC(=O)c1cccc(N(C)C)c1. The van der Waals surface area contributed by atoms with Crippen molar-refractivity contribution >= 4 is 23.3 Å². The second-order valence-corrected chi connectivity index (χ2v) is 5.68. The van der Waals surface area contributed by atoms with Gasteiger partial charge in [-0.25, -0.2) is 4.79 Å². The van der Waals surface area contributed by atoms with Gasteiger partial charge in [0.25, 0.3) is 5.91 Å². The molecule has 0 saturated heterocycles. The van der Waals surface area contributed by atoms with Crippen molar-refractivity contribution in [1.29, 1.82) is 0 Å². The third-order valence-electron chi connectivity index (χ3n) is 3.62. The lowest BCUT2D eigenvalue weighted by Gasteiger charge is -2.16. The summed E-state index contributed by atoms with van der Waals surface area (Å²) in [5.41, 5.74) is 1.79. The zero-order chi connectivity index (χ0) is 18.4. The zero-order valence-corrected chi connectivity index (χ0v) is 14.8. The van der Waals surface area contributed by atoms with Gasteiger partial charge in [0.1, 0.15) is 5.75 Å². The van der Waals surface area contributed by atoms with E-state index in [9.17, 15) is 9.59 Å². The summed E-state index contributed by atoms with van der Waals surface area (Å²) >= 11 is 0. The largest absolute Gasteiger partial charge is 0.495 e. The predicted octanol–water partition coefficient (Wildman–Crippen LogP) is 2.95. The number of esters is 1. The monoisotopic (exact) mass is 342 g/mol. The first-order valence-corrected chi connectivity index (χ1v) is 7.84. The third kappa shape index (κ3) is 4.73. The Kier molecular flexibility index (Phi) is 6.00. The van der Waals surface area contributed by atoms with Gasteiger partial charge >= 0.3 is 5.97 Å². The number of methoxy groups -OCH3 is 1. The van der Waals surface area contributed by atoms with Crippen LogP contribution in [0.2, 0.25) is 0 Å². The minimum Gasteiger partial charge on any atom is -0.495 e. The molecule has 6 nitrogen and oxygen atoms in total. The van der Waals surface area contributed by atoms with Crippen molar-refractivity contribution in [3.05, 3.63) is 54.1 Å². The number of hydrogen-bond donors (Lipinski definition) is 1. The standard InChI is InChI=1S/C19H22N2O4/c1-13(18(22)20-16-10-5-6-11-17(16)24-4)25-19(23)14-8-7-9-15(12-14)21(2)3/h5-13H,1-4H3,(H,20,22)/t13-/m0/s1. The summed E-state index contributed by atoms with van der Waals surface area (Å²) in [4.78, 5) is 26.4. The number of carbonyl (C=O) groups is 2. The molecular formula is C19H22N2O4. The molecule has 2 aromatic rings. The maximum atomic E-state index is 12.3. The topological polar surface area (TPSA) is 67.9 Å². The highest BCUT2D eigenvalue weighted by Crippen LogP contribution is 2.23. The van der Waals surface area contributed by atoms with Crippen LogP contribution in [-0.2, 0) is 9.53 Å². The molecule has 0 heterocycles. The quantitative estimate of drug-likeness (QED) is 0.818. The molecule has 0 aliphatic rings. The highest BCUT2D eigenvalue weighted by molar-refractivity contribution is 5.98. The van der Waals surface area contributed by atoms with Crippen LogP contribution in [0, 0.1) is 0 Å². The molecular weight excluding hydrogens is 320 g/mol. The Balaban J connectivity index is 2.03. The van der Waals surface area contributed by atoms with Crippen LogP contribution in [0.3, 0.4) is 0 Å². The molecule has 1 N–H and O–H groups in total. The molecule has 0 aromatic heterocycles. The van der Waals surface area contributed by atoms with Gasteiger partial charge in [-0.15, -0.1) is 0 Å². The minimum absolute atomic E-state index is 0.392. The number of carbonyl (C=O) groups excluding carboxylic acids is 2. The van der Waals surface area contributed by atoms with Gasteiger partial charge < -0.3 is 19.7 Å². The van der Waals surface area contributed by atoms with E-state index in [-0.39, 0.29) is 0 Å². The van der Waals surface area contributed by atoms with Gasteiger partial charge in [-0.05, 0) is 37.3 Å². The number of hydrogen-bond acceptors (Lipinski definition) is 5. The molecule has 6 heteroatoms. The van der Waals surface area contributed by atoms with E-state index in [1.807, 2.05) is 25.1 Å². The molecule has 25 heavy (non-hydrogen) atoms. The molecule has 0 fully saturated rings. The number of benzene rings is 2. The summed E-state index contributed by atoms with van der Waals surface area (Å²) in [6, 6.07) is 14.1. The van der Waals surface area contributed by atoms with Crippen LogP contribution in [-0.4, -0.2) is 39.2 Å². The fraction of sp³-hybridized carbons (Fsp3) is 0.263. The highest BCUT2D eigenvalue weighted by atomic mass is 16.5. The van der Waals surface area contributed by atoms with Gasteiger partial charge in [0.2, 0.25) is 0 Å². The average Bonchev–Trinajstić information content (AvgIpc) is 2.62. The van der Waals surface area contributed by atoms with Gasteiger partial charge in [0, 0.05) is 19.8 Å². The van der Waals surface area contributed by atoms with Gasteiger partial charge in [0.05, 0.1) is 18.4 Å². The van der Waals surface area contributed by atoms with Crippen LogP contribution < -0.4 is 15.0 Å². The van der Waals surface area contributed by atoms with E-state index in [2.05, 4.69) is 5.32 Å². The fourth-order valence-electron chi connectivity index (χ4n) is 2.18. The molecule has 2 aromatic carbocycles. The van der Waals surface area contributed by atoms with Crippen LogP contribution in [0.25, 0.3) is 0 Å². The maximum Gasteiger partial charge on any atom is 0.338 e. The second-order valence-electron chi connectivity index (χ2n) is 5.68. The molecule has 1 amide bonds. The molecule has 0 unspecified atom stereocenters. The molecule has 0 aliphatic heterocycles. The third-order valence-corrected chi connectivity index (χ3v) is 3.62. The molecule has 0 saturated carbocycles. The Morgan fingerprint density at radius 2 is 1.80 bits per heavy atom. The van der Waals surface area contributed by atoms with Crippen molar-refractivity contribution in [2.75, 3.05) is 31.4 Å². The van der Waals surface area contributed by atoms with Crippen LogP contribution in [0.5, 0.6) is 5.75 Å². The van der Waals surface area contributed by atoms with Gasteiger partial charge in [-0.1, -0.05) is 18.2 Å². The first-order chi connectivity index (χ1) is 11.9. The Morgan fingerprint density at radius 1 is 1.08 bits per heavy atom. The lowest BCUT2D eigenvalue weighted by molar-refractivity contribution is -0.123. The summed E-state index contributed by atoms with van der Waals surface area (Å²) in [5.74, 6) is -0.443. The van der Waals surface area contributed by atoms with Gasteiger partial charge in [-0.2, -0.15) is 0 Å². The number of nitrogens with zero attached hydrogens (tertiary/aromatic N) is 1. The summed E-state index contributed by atoms with van der Waals surface area (Å²) in [5, 5.41) is 2.70. The maximum absolute atomic E-state index is 12.3. The van der Waals surface area contributed by atoms with Gasteiger partial charge in [-0.3, -0.25) is 4.79 Å².